The van der Waals surface area contributed by atoms with Crippen LogP contribution in [0.3, 0.4) is 0 Å². The van der Waals surface area contributed by atoms with E-state index in [2.05, 4.69) is 0 Å². The molecule has 0 aliphatic carbocycles. The number of amides is 4. The average Bonchev–Trinajstić information content (AvgIpc) is 3.21. The van der Waals surface area contributed by atoms with Gasteiger partial charge in [-0.2, -0.15) is 0 Å². The zero-order valence-electron chi connectivity index (χ0n) is 20.4. The van der Waals surface area contributed by atoms with Crippen molar-refractivity contribution in [3.63, 3.8) is 0 Å². The third-order valence-electron chi connectivity index (χ3n) is 6.10. The Morgan fingerprint density at radius 2 is 1.91 bits per heavy atom. The van der Waals surface area contributed by atoms with Gasteiger partial charge in [-0.15, -0.1) is 0 Å². The molecule has 2 unspecified atom stereocenters. The molecule has 0 radical (unpaired) electrons. The van der Waals surface area contributed by atoms with E-state index >= 15 is 0 Å². The molecule has 2 fully saturated rings. The summed E-state index contributed by atoms with van der Waals surface area (Å²) < 4.78 is 27.6. The van der Waals surface area contributed by atoms with E-state index in [1.807, 2.05) is 29.6 Å². The molecule has 2 saturated heterocycles. The molecule has 2 aromatic rings. The first kappa shape index (κ1) is 19.7. The standard InChI is InChI=1S/C25H25N3O6/c29-22-9-8-20(24(31)26-22)28-13-19-18(25(28)32)2-1-3-21(19)34-14-17-6-4-16(5-7-17)12-27-10-11-33-15-23(27)30/h1-7,20H,8-15H2,(H,26,29,31)/i9D,20D. The molecule has 0 spiro atoms. The number of carbonyl (C=O) groups excluding carboxylic acids is 4. The molecule has 3 heterocycles. The van der Waals surface area contributed by atoms with Gasteiger partial charge >= 0.3 is 0 Å². The zero-order chi connectivity index (χ0) is 25.4. The molecule has 0 aromatic heterocycles. The number of hydrogen-bond acceptors (Lipinski definition) is 6. The lowest BCUT2D eigenvalue weighted by Crippen LogP contribution is -2.52. The molecule has 3 aliphatic heterocycles. The van der Waals surface area contributed by atoms with Crippen molar-refractivity contribution in [3.8, 4) is 5.75 Å². The van der Waals surface area contributed by atoms with E-state index in [0.29, 0.717) is 36.6 Å². The van der Waals surface area contributed by atoms with Gasteiger partial charge in [-0.1, -0.05) is 30.3 Å². The van der Waals surface area contributed by atoms with Crippen LogP contribution in [0.5, 0.6) is 5.75 Å². The van der Waals surface area contributed by atoms with Crippen LogP contribution in [0.1, 0.15) is 42.6 Å². The molecule has 1 N–H and O–H groups in total. The average molecular weight is 466 g/mol. The minimum atomic E-state index is -2.05. The molecule has 9 nitrogen and oxygen atoms in total. The second kappa shape index (κ2) is 9.26. The van der Waals surface area contributed by atoms with Crippen LogP contribution in [-0.2, 0) is 38.8 Å². The number of piperidine rings is 1. The van der Waals surface area contributed by atoms with Gasteiger partial charge in [-0.25, -0.2) is 0 Å². The molecule has 0 saturated carbocycles. The Morgan fingerprint density at radius 1 is 1.12 bits per heavy atom. The number of rotatable bonds is 6. The highest BCUT2D eigenvalue weighted by Gasteiger charge is 2.40. The highest BCUT2D eigenvalue weighted by atomic mass is 16.5. The molecule has 2 atom stereocenters. The van der Waals surface area contributed by atoms with E-state index in [1.54, 1.807) is 23.1 Å². The van der Waals surface area contributed by atoms with Crippen LogP contribution in [0, 0.1) is 0 Å². The zero-order valence-corrected chi connectivity index (χ0v) is 18.4. The Morgan fingerprint density at radius 3 is 2.71 bits per heavy atom. The van der Waals surface area contributed by atoms with Crippen molar-refractivity contribution in [1.82, 2.24) is 15.1 Å². The van der Waals surface area contributed by atoms with Crippen LogP contribution in [0.15, 0.2) is 42.5 Å². The molecule has 34 heavy (non-hydrogen) atoms. The van der Waals surface area contributed by atoms with Crippen molar-refractivity contribution in [2.24, 2.45) is 0 Å². The van der Waals surface area contributed by atoms with E-state index in [-0.39, 0.29) is 25.7 Å². The van der Waals surface area contributed by atoms with E-state index in [9.17, 15) is 19.2 Å². The summed E-state index contributed by atoms with van der Waals surface area (Å²) in [6, 6.07) is 10.7. The fourth-order valence-electron chi connectivity index (χ4n) is 4.25. The van der Waals surface area contributed by atoms with Crippen molar-refractivity contribution < 1.29 is 31.4 Å². The van der Waals surface area contributed by atoms with Gasteiger partial charge in [0.15, 0.2) is 0 Å². The van der Waals surface area contributed by atoms with Gasteiger partial charge in [0.2, 0.25) is 17.7 Å². The van der Waals surface area contributed by atoms with E-state index in [1.165, 1.54) is 0 Å². The number of ether oxygens (including phenoxy) is 2. The van der Waals surface area contributed by atoms with Crippen LogP contribution < -0.4 is 10.1 Å². The molecular formula is C25H25N3O6. The lowest BCUT2D eigenvalue weighted by atomic mass is 10.0. The number of morpholine rings is 1. The summed E-state index contributed by atoms with van der Waals surface area (Å²) in [6.45, 7) is 1.93. The van der Waals surface area contributed by atoms with Gasteiger partial charge in [0.25, 0.3) is 5.91 Å². The van der Waals surface area contributed by atoms with Crippen molar-refractivity contribution in [3.05, 3.63) is 64.7 Å². The van der Waals surface area contributed by atoms with E-state index in [4.69, 9.17) is 12.2 Å². The van der Waals surface area contributed by atoms with Crippen LogP contribution >= 0.6 is 0 Å². The molecule has 9 heteroatoms. The minimum Gasteiger partial charge on any atom is -0.489 e. The Bertz CT molecular complexity index is 1240. The maximum atomic E-state index is 13.1. The van der Waals surface area contributed by atoms with Crippen LogP contribution in [0.4, 0.5) is 0 Å². The highest BCUT2D eigenvalue weighted by Crippen LogP contribution is 2.34. The van der Waals surface area contributed by atoms with E-state index in [0.717, 1.165) is 16.0 Å². The fourth-order valence-corrected chi connectivity index (χ4v) is 4.25. The number of imide groups is 1. The predicted octanol–water partition coefficient (Wildman–Crippen LogP) is 1.39. The molecule has 2 aromatic carbocycles. The summed E-state index contributed by atoms with van der Waals surface area (Å²) in [5, 5.41) is 2.03. The quantitative estimate of drug-likeness (QED) is 0.647. The monoisotopic (exact) mass is 465 g/mol. The summed E-state index contributed by atoms with van der Waals surface area (Å²) in [5.41, 5.74) is 2.78. The van der Waals surface area contributed by atoms with Gasteiger partial charge in [-0.05, 0) is 29.7 Å². The molecule has 0 bridgehead atoms. The second-order valence-corrected chi connectivity index (χ2v) is 8.32. The smallest absolute Gasteiger partial charge is 0.255 e. The van der Waals surface area contributed by atoms with Crippen molar-refractivity contribution in [1.29, 1.82) is 0 Å². The normalized spacial score (nSPS) is 25.6. The number of nitrogens with one attached hydrogen (secondary N) is 1. The molecule has 176 valence electrons. The number of nitrogens with zero attached hydrogens (tertiary/aromatic N) is 2. The molecule has 3 aliphatic rings. The maximum absolute atomic E-state index is 13.1. The highest BCUT2D eigenvalue weighted by molar-refractivity contribution is 6.05. The Hall–Kier alpha value is -3.72. The Kier molecular flexibility index (Phi) is 5.37. The summed E-state index contributed by atoms with van der Waals surface area (Å²) in [7, 11) is 0. The molecule has 4 amide bonds. The second-order valence-electron chi connectivity index (χ2n) is 8.32. The van der Waals surface area contributed by atoms with E-state index < -0.39 is 36.6 Å². The molecular weight excluding hydrogens is 438 g/mol. The number of hydrogen-bond donors (Lipinski definition) is 1. The third-order valence-corrected chi connectivity index (χ3v) is 6.10. The number of benzene rings is 2. The fraction of sp³-hybridized carbons (Fsp3) is 0.360. The Balaban J connectivity index is 1.27. The number of fused-ring (bicyclic) bond motifs is 1. The van der Waals surface area contributed by atoms with Gasteiger partial charge < -0.3 is 19.3 Å². The minimum absolute atomic E-state index is 0.0276. The number of carbonyl (C=O) groups is 4. The summed E-state index contributed by atoms with van der Waals surface area (Å²) in [5.74, 6) is -1.74. The van der Waals surface area contributed by atoms with Crippen LogP contribution in [-0.4, -0.2) is 59.2 Å². The van der Waals surface area contributed by atoms with Crippen molar-refractivity contribution in [2.45, 2.75) is 38.5 Å². The lowest BCUT2D eigenvalue weighted by molar-refractivity contribution is -0.143. The maximum Gasteiger partial charge on any atom is 0.255 e. The van der Waals surface area contributed by atoms with Gasteiger partial charge in [0.1, 0.15) is 25.0 Å². The Labute approximate surface area is 199 Å². The first-order chi connectivity index (χ1) is 17.3. The topological polar surface area (TPSA) is 105 Å². The first-order valence-corrected chi connectivity index (χ1v) is 11.0. The predicted molar refractivity (Wildman–Crippen MR) is 119 cm³/mol. The van der Waals surface area contributed by atoms with Crippen LogP contribution in [0.25, 0.3) is 0 Å². The van der Waals surface area contributed by atoms with Crippen LogP contribution in [0.2, 0.25) is 0 Å². The van der Waals surface area contributed by atoms with Crippen molar-refractivity contribution >= 4 is 23.6 Å². The summed E-state index contributed by atoms with van der Waals surface area (Å²) >= 11 is 0. The molecule has 5 rings (SSSR count). The van der Waals surface area contributed by atoms with Crippen molar-refractivity contribution in [2.75, 3.05) is 19.8 Å². The largest absolute Gasteiger partial charge is 0.489 e. The summed E-state index contributed by atoms with van der Waals surface area (Å²) in [4.78, 5) is 52.0. The third kappa shape index (κ3) is 4.38. The first-order valence-electron chi connectivity index (χ1n) is 12.1. The van der Waals surface area contributed by atoms with Gasteiger partial charge in [0.05, 0.1) is 14.5 Å². The lowest BCUT2D eigenvalue weighted by Gasteiger charge is -2.29. The SMILES string of the molecule is [2H]C1CC([2H])(N2Cc3c(OCc4ccc(CN5CCOCC5=O)cc4)cccc3C2=O)C(=O)NC1=O. The summed E-state index contributed by atoms with van der Waals surface area (Å²) in [6.07, 6.45) is -1.70. The van der Waals surface area contributed by atoms with Gasteiger partial charge in [0, 0.05) is 32.0 Å². The van der Waals surface area contributed by atoms with Gasteiger partial charge in [-0.3, -0.25) is 24.5 Å².